The van der Waals surface area contributed by atoms with Crippen LogP contribution in [0.5, 0.6) is 0 Å². The predicted octanol–water partition coefficient (Wildman–Crippen LogP) is 7.54. The van der Waals surface area contributed by atoms with Crippen LogP contribution in [0.25, 0.3) is 0 Å². The summed E-state index contributed by atoms with van der Waals surface area (Å²) in [6.45, 7) is 18.9. The van der Waals surface area contributed by atoms with E-state index in [1.165, 1.54) is 24.2 Å². The van der Waals surface area contributed by atoms with E-state index in [9.17, 15) is 14.4 Å². The summed E-state index contributed by atoms with van der Waals surface area (Å²) >= 11 is 0. The van der Waals surface area contributed by atoms with Crippen molar-refractivity contribution in [2.24, 2.45) is 4.99 Å². The fourth-order valence-corrected chi connectivity index (χ4v) is 4.24. The topological polar surface area (TPSA) is 158 Å². The molecule has 0 spiro atoms. The zero-order valence-corrected chi connectivity index (χ0v) is 32.3. The van der Waals surface area contributed by atoms with Gasteiger partial charge in [-0.1, -0.05) is 27.2 Å². The fourth-order valence-electron chi connectivity index (χ4n) is 3.21. The monoisotopic (exact) mass is 708 g/mol. The highest BCUT2D eigenvalue weighted by Crippen LogP contribution is 2.41. The zero-order chi connectivity index (χ0) is 36.5. The van der Waals surface area contributed by atoms with Crippen LogP contribution in [0.1, 0.15) is 94.4 Å². The minimum atomic E-state index is -1.63. The Bertz CT molecular complexity index is 951. The average Bonchev–Trinajstić information content (AvgIpc) is 3.47. The first-order chi connectivity index (χ1) is 22.2. The highest BCUT2D eigenvalue weighted by molar-refractivity contribution is 7.41. The SMILES string of the molecule is CC.CCCCOP(OCCC#N)OCC1CCC(N(C=O)/C=C\C(=NC)N(C(=O)OC(C)(C)C)C(=O)OC(C)(C)C)O1.COPC. The molecule has 0 aromatic carbocycles. The molecule has 1 saturated heterocycles. The van der Waals surface area contributed by atoms with Crippen LogP contribution < -0.4 is 0 Å². The molecule has 4 atom stereocenters. The van der Waals surface area contributed by atoms with Crippen LogP contribution in [-0.2, 0) is 37.1 Å². The summed E-state index contributed by atoms with van der Waals surface area (Å²) < 4.78 is 38.4. The maximum absolute atomic E-state index is 12.9. The number of rotatable bonds is 15. The summed E-state index contributed by atoms with van der Waals surface area (Å²) in [6, 6.07) is 2.02. The molecule has 16 heteroatoms. The van der Waals surface area contributed by atoms with Crippen molar-refractivity contribution < 1.29 is 46.7 Å². The van der Waals surface area contributed by atoms with Crippen LogP contribution in [0, 0.1) is 11.3 Å². The Morgan fingerprint density at radius 1 is 1.04 bits per heavy atom. The van der Waals surface area contributed by atoms with E-state index >= 15 is 0 Å². The predicted molar refractivity (Wildman–Crippen MR) is 185 cm³/mol. The van der Waals surface area contributed by atoms with Crippen molar-refractivity contribution >= 4 is 41.8 Å². The number of ether oxygens (including phenoxy) is 3. The normalized spacial score (nSPS) is 17.2. The molecule has 0 aliphatic carbocycles. The molecule has 0 bridgehead atoms. The van der Waals surface area contributed by atoms with Crippen molar-refractivity contribution in [3.63, 3.8) is 0 Å². The molecule has 0 radical (unpaired) electrons. The van der Waals surface area contributed by atoms with Crippen LogP contribution in [-0.4, -0.2) is 98.4 Å². The van der Waals surface area contributed by atoms with Crippen molar-refractivity contribution in [3.8, 4) is 6.07 Å². The van der Waals surface area contributed by atoms with Gasteiger partial charge in [0.1, 0.15) is 23.3 Å². The Hall–Kier alpha value is -2.23. The molecular weight excluding hydrogens is 650 g/mol. The third kappa shape index (κ3) is 22.9. The standard InChI is InChI=1S/C27H45N4O9P.C2H7OP.C2H6/c1-9-10-17-35-41(36-18-11-15-28)37-19-21-12-13-23(38-21)30(20-32)16-14-22(29-8)31(24(33)39-26(2,3)4)25(34)40-27(5,6)7;1-3-4-2;1-2/h14,16,20-21,23H,9-13,17-19H2,1-8H3;4H,1-2H3;1-2H3/b16-14-,29-22?;;. The van der Waals surface area contributed by atoms with Gasteiger partial charge in [-0.2, -0.15) is 10.2 Å². The molecule has 1 aliphatic heterocycles. The number of carbonyl (C=O) groups is 3. The van der Waals surface area contributed by atoms with Gasteiger partial charge in [0.2, 0.25) is 6.41 Å². The summed E-state index contributed by atoms with van der Waals surface area (Å²) in [5.74, 6) is -0.0948. The molecule has 0 N–H and O–H groups in total. The van der Waals surface area contributed by atoms with Gasteiger partial charge in [-0.3, -0.25) is 14.7 Å². The van der Waals surface area contributed by atoms with Crippen LogP contribution in [0.15, 0.2) is 17.3 Å². The lowest BCUT2D eigenvalue weighted by atomic mass is 10.2. The number of hydrogen-bond donors (Lipinski definition) is 0. The van der Waals surface area contributed by atoms with E-state index in [-0.39, 0.29) is 31.6 Å². The molecule has 0 saturated carbocycles. The Morgan fingerprint density at radius 2 is 1.60 bits per heavy atom. The molecule has 1 rings (SSSR count). The van der Waals surface area contributed by atoms with Crippen molar-refractivity contribution in [1.82, 2.24) is 9.80 Å². The lowest BCUT2D eigenvalue weighted by Crippen LogP contribution is -2.46. The second-order valence-electron chi connectivity index (χ2n) is 11.4. The number of imide groups is 1. The number of aliphatic imine (C=N–C) groups is 1. The molecule has 272 valence electrons. The van der Waals surface area contributed by atoms with E-state index < -0.39 is 38.2 Å². The van der Waals surface area contributed by atoms with Gasteiger partial charge in [0.25, 0.3) is 0 Å². The van der Waals surface area contributed by atoms with Crippen molar-refractivity contribution in [2.45, 2.75) is 118 Å². The van der Waals surface area contributed by atoms with E-state index in [0.29, 0.717) is 39.6 Å². The molecule has 4 unspecified atom stereocenters. The van der Waals surface area contributed by atoms with Crippen LogP contribution in [0.3, 0.4) is 0 Å². The molecule has 0 aromatic rings. The van der Waals surface area contributed by atoms with Crippen LogP contribution in [0.4, 0.5) is 9.59 Å². The van der Waals surface area contributed by atoms with Crippen molar-refractivity contribution in [2.75, 3.05) is 40.6 Å². The number of nitrogens with zero attached hydrogens (tertiary/aromatic N) is 4. The molecule has 3 amide bonds. The number of unbranched alkanes of at least 4 members (excludes halogenated alkanes) is 1. The maximum atomic E-state index is 12.9. The van der Waals surface area contributed by atoms with E-state index in [2.05, 4.69) is 9.52 Å². The first-order valence-electron chi connectivity index (χ1n) is 15.7. The van der Waals surface area contributed by atoms with Crippen molar-refractivity contribution in [1.29, 1.82) is 5.26 Å². The smallest absolute Gasteiger partial charge is 0.425 e. The largest absolute Gasteiger partial charge is 0.443 e. The maximum Gasteiger partial charge on any atom is 0.425 e. The summed E-state index contributed by atoms with van der Waals surface area (Å²) in [6.07, 6.45) is 3.56. The van der Waals surface area contributed by atoms with Gasteiger partial charge < -0.3 is 32.3 Å². The minimum Gasteiger partial charge on any atom is -0.443 e. The average molecular weight is 709 g/mol. The highest BCUT2D eigenvalue weighted by atomic mass is 31.2. The summed E-state index contributed by atoms with van der Waals surface area (Å²) in [4.78, 5) is 43.8. The highest BCUT2D eigenvalue weighted by Gasteiger charge is 2.35. The van der Waals surface area contributed by atoms with Crippen molar-refractivity contribution in [3.05, 3.63) is 12.3 Å². The molecule has 1 heterocycles. The first-order valence-corrected chi connectivity index (χ1v) is 18.2. The molecule has 14 nitrogen and oxygen atoms in total. The van der Waals surface area contributed by atoms with E-state index in [0.717, 1.165) is 12.8 Å². The van der Waals surface area contributed by atoms with Gasteiger partial charge in [0.15, 0.2) is 0 Å². The Balaban J connectivity index is 0. The van der Waals surface area contributed by atoms with Crippen LogP contribution in [0.2, 0.25) is 0 Å². The number of nitriles is 1. The summed E-state index contributed by atoms with van der Waals surface area (Å²) in [5.41, 5.74) is -1.77. The van der Waals surface area contributed by atoms with E-state index in [1.54, 1.807) is 48.7 Å². The molecule has 0 aromatic heterocycles. The molecular formula is C31H58N4O10P2. The second-order valence-corrected chi connectivity index (χ2v) is 13.4. The zero-order valence-electron chi connectivity index (χ0n) is 30.4. The fraction of sp³-hybridized carbons (Fsp3) is 0.774. The van der Waals surface area contributed by atoms with E-state index in [4.69, 9.17) is 33.0 Å². The summed E-state index contributed by atoms with van der Waals surface area (Å²) in [7, 11) is 2.10. The Kier molecular flexibility index (Phi) is 26.6. The van der Waals surface area contributed by atoms with Gasteiger partial charge in [-0.05, 0) is 73.5 Å². The third-order valence-corrected chi connectivity index (χ3v) is 6.78. The Labute approximate surface area is 285 Å². The van der Waals surface area contributed by atoms with Gasteiger partial charge in [0.05, 0.1) is 38.4 Å². The van der Waals surface area contributed by atoms with Gasteiger partial charge in [-0.25, -0.2) is 9.59 Å². The molecule has 1 aliphatic rings. The summed E-state index contributed by atoms with van der Waals surface area (Å²) in [5, 5.41) is 8.75. The number of amidine groups is 1. The van der Waals surface area contributed by atoms with Gasteiger partial charge in [-0.15, -0.1) is 0 Å². The second kappa shape index (κ2) is 26.7. The number of amides is 3. The number of hydrogen-bond acceptors (Lipinski definition) is 12. The molecule has 47 heavy (non-hydrogen) atoms. The Morgan fingerprint density at radius 3 is 2.04 bits per heavy atom. The lowest BCUT2D eigenvalue weighted by Gasteiger charge is -2.28. The number of carbonyl (C=O) groups excluding carboxylic acids is 3. The van der Waals surface area contributed by atoms with Gasteiger partial charge in [0, 0.05) is 29.2 Å². The minimum absolute atomic E-state index is 0.0948. The third-order valence-electron chi connectivity index (χ3n) is 5.22. The molecule has 1 fully saturated rings. The lowest BCUT2D eigenvalue weighted by molar-refractivity contribution is -0.127. The quantitative estimate of drug-likeness (QED) is 0.0544. The first kappa shape index (κ1) is 46.9. The van der Waals surface area contributed by atoms with Crippen LogP contribution >= 0.6 is 17.4 Å². The van der Waals surface area contributed by atoms with Gasteiger partial charge >= 0.3 is 20.8 Å². The van der Waals surface area contributed by atoms with E-state index in [1.807, 2.05) is 33.5 Å².